The van der Waals surface area contributed by atoms with Crippen molar-refractivity contribution in [2.75, 3.05) is 11.4 Å². The highest BCUT2D eigenvalue weighted by atomic mass is 79.9. The Labute approximate surface area is 110 Å². The van der Waals surface area contributed by atoms with Gasteiger partial charge >= 0.3 is 0 Å². The summed E-state index contributed by atoms with van der Waals surface area (Å²) in [4.78, 5) is 6.88. The van der Waals surface area contributed by atoms with E-state index in [1.807, 2.05) is 6.20 Å². The highest BCUT2D eigenvalue weighted by Crippen LogP contribution is 2.31. The molecule has 1 aromatic heterocycles. The Bertz CT molecular complexity index is 383. The summed E-state index contributed by atoms with van der Waals surface area (Å²) in [6, 6.07) is 2.62. The first kappa shape index (κ1) is 12.2. The van der Waals surface area contributed by atoms with Gasteiger partial charge in [0.25, 0.3) is 0 Å². The molecule has 2 unspecified atom stereocenters. The van der Waals surface area contributed by atoms with E-state index in [1.54, 1.807) is 0 Å². The van der Waals surface area contributed by atoms with Crippen LogP contribution in [0.1, 0.15) is 25.8 Å². The van der Waals surface area contributed by atoms with Crippen molar-refractivity contribution < 1.29 is 0 Å². The lowest BCUT2D eigenvalue weighted by atomic mass is 10.1. The SMILES string of the molecule is CC1CC(C)N(c2ncc(Br)cc2CCl)C1. The minimum Gasteiger partial charge on any atom is -0.353 e. The first-order valence-corrected chi connectivity index (χ1v) is 6.91. The van der Waals surface area contributed by atoms with Crippen LogP contribution in [-0.2, 0) is 5.88 Å². The van der Waals surface area contributed by atoms with Crippen molar-refractivity contribution in [1.29, 1.82) is 0 Å². The molecule has 0 bridgehead atoms. The molecule has 0 radical (unpaired) electrons. The fraction of sp³-hybridized carbons (Fsp3) is 0.583. The Morgan fingerprint density at radius 3 is 2.88 bits per heavy atom. The topological polar surface area (TPSA) is 16.1 Å². The van der Waals surface area contributed by atoms with E-state index in [4.69, 9.17) is 11.6 Å². The zero-order valence-corrected chi connectivity index (χ0v) is 11.9. The van der Waals surface area contributed by atoms with E-state index in [0.717, 1.165) is 28.3 Å². The quantitative estimate of drug-likeness (QED) is 0.772. The number of aromatic nitrogens is 1. The largest absolute Gasteiger partial charge is 0.353 e. The van der Waals surface area contributed by atoms with Crippen molar-refractivity contribution >= 4 is 33.3 Å². The van der Waals surface area contributed by atoms with Gasteiger partial charge in [-0.3, -0.25) is 0 Å². The number of anilines is 1. The maximum atomic E-state index is 5.98. The standard InChI is InChI=1S/C12H16BrClN2/c1-8-3-9(2)16(7-8)12-10(5-14)4-11(13)6-15-12/h4,6,8-9H,3,5,7H2,1-2H3. The van der Waals surface area contributed by atoms with Crippen LogP contribution in [-0.4, -0.2) is 17.6 Å². The van der Waals surface area contributed by atoms with Crippen LogP contribution in [0.3, 0.4) is 0 Å². The minimum atomic E-state index is 0.513. The third-order valence-electron chi connectivity index (χ3n) is 3.11. The van der Waals surface area contributed by atoms with Crippen molar-refractivity contribution in [3.05, 3.63) is 22.3 Å². The van der Waals surface area contributed by atoms with Crippen LogP contribution in [0.2, 0.25) is 0 Å². The van der Waals surface area contributed by atoms with E-state index < -0.39 is 0 Å². The van der Waals surface area contributed by atoms with Crippen LogP contribution in [0.25, 0.3) is 0 Å². The van der Waals surface area contributed by atoms with Crippen LogP contribution in [0, 0.1) is 5.92 Å². The monoisotopic (exact) mass is 302 g/mol. The zero-order valence-electron chi connectivity index (χ0n) is 9.58. The van der Waals surface area contributed by atoms with Gasteiger partial charge in [0.2, 0.25) is 0 Å². The molecule has 88 valence electrons. The Hall–Kier alpha value is -0.280. The molecule has 1 aliphatic heterocycles. The lowest BCUT2D eigenvalue weighted by Crippen LogP contribution is -2.28. The fourth-order valence-corrected chi connectivity index (χ4v) is 3.00. The molecule has 2 nitrogen and oxygen atoms in total. The van der Waals surface area contributed by atoms with Gasteiger partial charge in [-0.15, -0.1) is 11.6 Å². The number of rotatable bonds is 2. The summed E-state index contributed by atoms with van der Waals surface area (Å²) in [6.07, 6.45) is 3.08. The molecule has 2 atom stereocenters. The second-order valence-electron chi connectivity index (χ2n) is 4.61. The molecule has 1 aliphatic rings. The summed E-state index contributed by atoms with van der Waals surface area (Å²) in [5.74, 6) is 2.30. The van der Waals surface area contributed by atoms with Crippen LogP contribution in [0.4, 0.5) is 5.82 Å². The lowest BCUT2D eigenvalue weighted by molar-refractivity contribution is 0.625. The fourth-order valence-electron chi connectivity index (χ4n) is 2.43. The van der Waals surface area contributed by atoms with Crippen molar-refractivity contribution in [3.8, 4) is 0 Å². The second-order valence-corrected chi connectivity index (χ2v) is 5.80. The van der Waals surface area contributed by atoms with E-state index in [-0.39, 0.29) is 0 Å². The number of hydrogen-bond acceptors (Lipinski definition) is 2. The van der Waals surface area contributed by atoms with Crippen molar-refractivity contribution in [2.24, 2.45) is 5.92 Å². The summed E-state index contributed by atoms with van der Waals surface area (Å²) in [5.41, 5.74) is 1.11. The Morgan fingerprint density at radius 1 is 1.56 bits per heavy atom. The molecule has 0 saturated carbocycles. The summed E-state index contributed by atoms with van der Waals surface area (Å²) in [5, 5.41) is 0. The lowest BCUT2D eigenvalue weighted by Gasteiger charge is -2.24. The third-order valence-corrected chi connectivity index (χ3v) is 3.83. The number of hydrogen-bond donors (Lipinski definition) is 0. The average Bonchev–Trinajstić information content (AvgIpc) is 2.57. The van der Waals surface area contributed by atoms with Gasteiger partial charge < -0.3 is 4.90 Å². The van der Waals surface area contributed by atoms with Crippen LogP contribution in [0.5, 0.6) is 0 Å². The number of pyridine rings is 1. The maximum Gasteiger partial charge on any atom is 0.133 e. The van der Waals surface area contributed by atoms with Gasteiger partial charge in [0.05, 0.1) is 5.88 Å². The predicted molar refractivity (Wildman–Crippen MR) is 72.1 cm³/mol. The van der Waals surface area contributed by atoms with Gasteiger partial charge in [-0.05, 0) is 41.3 Å². The van der Waals surface area contributed by atoms with Gasteiger partial charge in [0.1, 0.15) is 5.82 Å². The summed E-state index contributed by atoms with van der Waals surface area (Å²) in [7, 11) is 0. The van der Waals surface area contributed by atoms with E-state index in [2.05, 4.69) is 45.7 Å². The van der Waals surface area contributed by atoms with Gasteiger partial charge in [0, 0.05) is 28.8 Å². The molecular weight excluding hydrogens is 288 g/mol. The number of alkyl halides is 1. The van der Waals surface area contributed by atoms with E-state index >= 15 is 0 Å². The van der Waals surface area contributed by atoms with Gasteiger partial charge in [-0.1, -0.05) is 6.92 Å². The molecule has 1 fully saturated rings. The van der Waals surface area contributed by atoms with Gasteiger partial charge in [0.15, 0.2) is 0 Å². The van der Waals surface area contributed by atoms with Gasteiger partial charge in [-0.2, -0.15) is 0 Å². The smallest absolute Gasteiger partial charge is 0.133 e. The van der Waals surface area contributed by atoms with Crippen LogP contribution < -0.4 is 4.90 Å². The molecule has 1 aromatic rings. The predicted octanol–water partition coefficient (Wildman–Crippen LogP) is 3.82. The number of nitrogens with zero attached hydrogens (tertiary/aromatic N) is 2. The summed E-state index contributed by atoms with van der Waals surface area (Å²) < 4.78 is 0.992. The summed E-state index contributed by atoms with van der Waals surface area (Å²) in [6.45, 7) is 5.63. The molecule has 0 N–H and O–H groups in total. The maximum absolute atomic E-state index is 5.98. The Kier molecular flexibility index (Phi) is 3.75. The molecule has 0 aliphatic carbocycles. The van der Waals surface area contributed by atoms with Crippen molar-refractivity contribution in [1.82, 2.24) is 4.98 Å². The summed E-state index contributed by atoms with van der Waals surface area (Å²) >= 11 is 9.41. The highest BCUT2D eigenvalue weighted by molar-refractivity contribution is 9.10. The second kappa shape index (κ2) is 4.92. The molecule has 4 heteroatoms. The highest BCUT2D eigenvalue weighted by Gasteiger charge is 2.28. The number of halogens is 2. The first-order chi connectivity index (χ1) is 7.61. The van der Waals surface area contributed by atoms with Crippen molar-refractivity contribution in [2.45, 2.75) is 32.2 Å². The average molecular weight is 304 g/mol. The molecule has 1 saturated heterocycles. The molecule has 2 heterocycles. The molecular formula is C12H16BrClN2. The molecule has 0 spiro atoms. The van der Waals surface area contributed by atoms with E-state index in [1.165, 1.54) is 6.42 Å². The minimum absolute atomic E-state index is 0.513. The van der Waals surface area contributed by atoms with E-state index in [9.17, 15) is 0 Å². The third kappa shape index (κ3) is 2.35. The molecule has 2 rings (SSSR count). The molecule has 16 heavy (non-hydrogen) atoms. The van der Waals surface area contributed by atoms with Gasteiger partial charge in [-0.25, -0.2) is 4.98 Å². The molecule has 0 amide bonds. The van der Waals surface area contributed by atoms with Crippen molar-refractivity contribution in [3.63, 3.8) is 0 Å². The zero-order chi connectivity index (χ0) is 11.7. The van der Waals surface area contributed by atoms with Crippen LogP contribution >= 0.6 is 27.5 Å². The Morgan fingerprint density at radius 2 is 2.31 bits per heavy atom. The normalized spacial score (nSPS) is 25.1. The molecule has 0 aromatic carbocycles. The van der Waals surface area contributed by atoms with Crippen LogP contribution in [0.15, 0.2) is 16.7 Å². The Balaban J connectivity index is 2.32. The first-order valence-electron chi connectivity index (χ1n) is 5.59. The van der Waals surface area contributed by atoms with E-state index in [0.29, 0.717) is 11.9 Å².